The summed E-state index contributed by atoms with van der Waals surface area (Å²) < 4.78 is 2.47. The quantitative estimate of drug-likeness (QED) is 0.797. The first-order chi connectivity index (χ1) is 11.7. The lowest BCUT2D eigenvalue weighted by atomic mass is 9.88. The fraction of sp³-hybridized carbons (Fsp3) is 0.263. The molecule has 5 heteroatoms. The van der Waals surface area contributed by atoms with Gasteiger partial charge in [-0.1, -0.05) is 47.7 Å². The number of nitrogens with one attached hydrogen (secondary N) is 1. The first-order valence-electron chi connectivity index (χ1n) is 8.18. The zero-order chi connectivity index (χ0) is 16.5. The van der Waals surface area contributed by atoms with Crippen molar-refractivity contribution < 1.29 is 4.79 Å². The molecule has 0 bridgehead atoms. The minimum Gasteiger partial charge on any atom is -0.348 e. The van der Waals surface area contributed by atoms with Crippen LogP contribution < -0.4 is 10.2 Å². The van der Waals surface area contributed by atoms with Crippen LogP contribution in [0.1, 0.15) is 30.0 Å². The summed E-state index contributed by atoms with van der Waals surface area (Å²) in [6.07, 6.45) is 3.09. The summed E-state index contributed by atoms with van der Waals surface area (Å²) in [5, 5.41) is 3.11. The third-order valence-electron chi connectivity index (χ3n) is 4.58. The standard InChI is InChI=1S/C19H18N2O2S/c22-18(12-21-16-10-3-4-11-17(16)24-19(21)23)20-15-9-5-7-13-6-1-2-8-14(13)15/h1-4,6,8,10-11,15H,5,7,9,12H2,(H,20,22). The van der Waals surface area contributed by atoms with Crippen molar-refractivity contribution in [1.29, 1.82) is 0 Å². The molecule has 4 nitrogen and oxygen atoms in total. The highest BCUT2D eigenvalue weighted by molar-refractivity contribution is 7.16. The number of nitrogens with zero attached hydrogens (tertiary/aromatic N) is 1. The van der Waals surface area contributed by atoms with Crippen LogP contribution in [0, 0.1) is 0 Å². The summed E-state index contributed by atoms with van der Waals surface area (Å²) >= 11 is 1.18. The molecule has 1 heterocycles. The minimum absolute atomic E-state index is 0.0445. The third kappa shape index (κ3) is 2.76. The number of hydrogen-bond acceptors (Lipinski definition) is 3. The second-order valence-corrected chi connectivity index (χ2v) is 7.13. The van der Waals surface area contributed by atoms with Crippen molar-refractivity contribution in [1.82, 2.24) is 9.88 Å². The van der Waals surface area contributed by atoms with E-state index in [-0.39, 0.29) is 23.4 Å². The SMILES string of the molecule is O=C(Cn1c(=O)sc2ccccc21)NC1CCCc2ccccc21. The van der Waals surface area contributed by atoms with Crippen molar-refractivity contribution in [3.8, 4) is 0 Å². The Morgan fingerprint density at radius 1 is 1.17 bits per heavy atom. The Labute approximate surface area is 143 Å². The van der Waals surface area contributed by atoms with E-state index in [4.69, 9.17) is 0 Å². The van der Waals surface area contributed by atoms with Crippen LogP contribution in [0.2, 0.25) is 0 Å². The number of fused-ring (bicyclic) bond motifs is 2. The molecular formula is C19H18N2O2S. The Balaban J connectivity index is 1.55. The number of aryl methyl sites for hydroxylation is 1. The number of thiazole rings is 1. The first-order valence-corrected chi connectivity index (χ1v) is 8.99. The second-order valence-electron chi connectivity index (χ2n) is 6.13. The van der Waals surface area contributed by atoms with Crippen LogP contribution in [0.5, 0.6) is 0 Å². The predicted molar refractivity (Wildman–Crippen MR) is 96.3 cm³/mol. The summed E-state index contributed by atoms with van der Waals surface area (Å²) in [7, 11) is 0. The van der Waals surface area contributed by atoms with Crippen LogP contribution in [0.4, 0.5) is 0 Å². The molecule has 2 aromatic carbocycles. The highest BCUT2D eigenvalue weighted by Gasteiger charge is 2.22. The Bertz CT molecular complexity index is 957. The van der Waals surface area contributed by atoms with Crippen molar-refractivity contribution in [3.05, 3.63) is 69.3 Å². The molecule has 1 N–H and O–H groups in total. The fourth-order valence-corrected chi connectivity index (χ4v) is 4.34. The monoisotopic (exact) mass is 338 g/mol. The normalized spacial score (nSPS) is 16.8. The van der Waals surface area contributed by atoms with Gasteiger partial charge in [0, 0.05) is 0 Å². The minimum atomic E-state index is -0.109. The average Bonchev–Trinajstić information content (AvgIpc) is 2.91. The lowest BCUT2D eigenvalue weighted by molar-refractivity contribution is -0.122. The third-order valence-corrected chi connectivity index (χ3v) is 5.54. The molecule has 24 heavy (non-hydrogen) atoms. The van der Waals surface area contributed by atoms with E-state index in [1.54, 1.807) is 4.57 Å². The van der Waals surface area contributed by atoms with E-state index in [0.29, 0.717) is 0 Å². The number of aromatic nitrogens is 1. The van der Waals surface area contributed by atoms with Gasteiger partial charge in [-0.25, -0.2) is 0 Å². The van der Waals surface area contributed by atoms with E-state index in [1.807, 2.05) is 36.4 Å². The molecule has 0 aliphatic heterocycles. The molecule has 1 amide bonds. The molecule has 122 valence electrons. The molecule has 0 spiro atoms. The summed E-state index contributed by atoms with van der Waals surface area (Å²) in [5.41, 5.74) is 3.35. The molecule has 0 saturated heterocycles. The van der Waals surface area contributed by atoms with Gasteiger partial charge in [-0.05, 0) is 42.5 Å². The molecular weight excluding hydrogens is 320 g/mol. The number of para-hydroxylation sites is 1. The van der Waals surface area contributed by atoms with Gasteiger partial charge in [0.1, 0.15) is 6.54 Å². The number of hydrogen-bond donors (Lipinski definition) is 1. The highest BCUT2D eigenvalue weighted by Crippen LogP contribution is 2.29. The van der Waals surface area contributed by atoms with E-state index in [9.17, 15) is 9.59 Å². The largest absolute Gasteiger partial charge is 0.348 e. The van der Waals surface area contributed by atoms with Gasteiger partial charge in [-0.15, -0.1) is 0 Å². The van der Waals surface area contributed by atoms with Crippen molar-refractivity contribution in [3.63, 3.8) is 0 Å². The zero-order valence-electron chi connectivity index (χ0n) is 13.2. The lowest BCUT2D eigenvalue weighted by Crippen LogP contribution is -2.35. The Morgan fingerprint density at radius 3 is 2.88 bits per heavy atom. The number of carbonyl (C=O) groups is 1. The molecule has 0 fully saturated rings. The van der Waals surface area contributed by atoms with Gasteiger partial charge in [-0.2, -0.15) is 0 Å². The number of rotatable bonds is 3. The Hall–Kier alpha value is -2.40. The summed E-state index contributed by atoms with van der Waals surface area (Å²) in [6, 6.07) is 15.9. The maximum atomic E-state index is 12.5. The molecule has 4 rings (SSSR count). The summed E-state index contributed by atoms with van der Waals surface area (Å²) in [4.78, 5) is 24.6. The fourth-order valence-electron chi connectivity index (χ4n) is 3.45. The van der Waals surface area contributed by atoms with Crippen molar-refractivity contribution in [2.24, 2.45) is 0 Å². The number of amides is 1. The molecule has 1 unspecified atom stereocenters. The van der Waals surface area contributed by atoms with Crippen molar-refractivity contribution >= 4 is 27.5 Å². The van der Waals surface area contributed by atoms with Gasteiger partial charge in [0.15, 0.2) is 0 Å². The maximum absolute atomic E-state index is 12.5. The molecule has 1 atom stereocenters. The number of carbonyl (C=O) groups excluding carboxylic acids is 1. The zero-order valence-corrected chi connectivity index (χ0v) is 14.0. The molecule has 1 aromatic heterocycles. The predicted octanol–water partition coefficient (Wildman–Crippen LogP) is 3.26. The molecule has 0 radical (unpaired) electrons. The van der Waals surface area contributed by atoms with E-state index in [1.165, 1.54) is 22.5 Å². The van der Waals surface area contributed by atoms with Crippen LogP contribution in [-0.2, 0) is 17.8 Å². The van der Waals surface area contributed by atoms with Crippen LogP contribution in [-0.4, -0.2) is 10.5 Å². The van der Waals surface area contributed by atoms with Crippen LogP contribution in [0.3, 0.4) is 0 Å². The molecule has 3 aromatic rings. The van der Waals surface area contributed by atoms with Gasteiger partial charge in [0.05, 0.1) is 16.3 Å². The molecule has 0 saturated carbocycles. The molecule has 1 aliphatic rings. The van der Waals surface area contributed by atoms with Gasteiger partial charge in [0.2, 0.25) is 5.91 Å². The average molecular weight is 338 g/mol. The van der Waals surface area contributed by atoms with Gasteiger partial charge in [-0.3, -0.25) is 14.2 Å². The highest BCUT2D eigenvalue weighted by atomic mass is 32.1. The maximum Gasteiger partial charge on any atom is 0.308 e. The Morgan fingerprint density at radius 2 is 1.96 bits per heavy atom. The lowest BCUT2D eigenvalue weighted by Gasteiger charge is -2.26. The van der Waals surface area contributed by atoms with E-state index in [0.717, 1.165) is 29.5 Å². The summed E-state index contributed by atoms with van der Waals surface area (Å²) in [6.45, 7) is 0.0709. The van der Waals surface area contributed by atoms with E-state index < -0.39 is 0 Å². The van der Waals surface area contributed by atoms with Crippen LogP contribution in [0.25, 0.3) is 10.2 Å². The van der Waals surface area contributed by atoms with Gasteiger partial charge >= 0.3 is 4.87 Å². The van der Waals surface area contributed by atoms with E-state index in [2.05, 4.69) is 17.4 Å². The van der Waals surface area contributed by atoms with Crippen molar-refractivity contribution in [2.45, 2.75) is 31.8 Å². The molecule has 1 aliphatic carbocycles. The van der Waals surface area contributed by atoms with Crippen molar-refractivity contribution in [2.75, 3.05) is 0 Å². The Kier molecular flexibility index (Phi) is 3.94. The van der Waals surface area contributed by atoms with Gasteiger partial charge in [0.25, 0.3) is 0 Å². The second kappa shape index (κ2) is 6.24. The topological polar surface area (TPSA) is 51.1 Å². The van der Waals surface area contributed by atoms with Crippen LogP contribution in [0.15, 0.2) is 53.3 Å². The first kappa shape index (κ1) is 15.1. The smallest absolute Gasteiger partial charge is 0.308 e. The summed E-state index contributed by atoms with van der Waals surface area (Å²) in [5.74, 6) is -0.109. The van der Waals surface area contributed by atoms with Gasteiger partial charge < -0.3 is 5.32 Å². The van der Waals surface area contributed by atoms with E-state index >= 15 is 0 Å². The van der Waals surface area contributed by atoms with Crippen LogP contribution >= 0.6 is 11.3 Å². The number of benzene rings is 2.